The minimum atomic E-state index is -0.713. The zero-order valence-electron chi connectivity index (χ0n) is 14.6. The van der Waals surface area contributed by atoms with E-state index in [1.807, 2.05) is 25.1 Å². The largest absolute Gasteiger partial charge is 0.374 e. The van der Waals surface area contributed by atoms with Crippen LogP contribution in [0, 0.1) is 5.92 Å². The van der Waals surface area contributed by atoms with Crippen LogP contribution in [0.3, 0.4) is 0 Å². The van der Waals surface area contributed by atoms with Crippen LogP contribution in [0.4, 0.5) is 4.79 Å². The van der Waals surface area contributed by atoms with Gasteiger partial charge in [-0.2, -0.15) is 0 Å². The molecule has 0 aromatic heterocycles. The van der Waals surface area contributed by atoms with Gasteiger partial charge in [0.1, 0.15) is 5.54 Å². The van der Waals surface area contributed by atoms with Gasteiger partial charge in [-0.25, -0.2) is 4.79 Å². The minimum absolute atomic E-state index is 0.0937. The molecular formula is C19H25N3O3. The molecular weight excluding hydrogens is 318 g/mol. The second-order valence-electron chi connectivity index (χ2n) is 7.54. The Hall–Kier alpha value is -1.92. The Morgan fingerprint density at radius 2 is 2.00 bits per heavy atom. The lowest BCUT2D eigenvalue weighted by molar-refractivity contribution is -0.133. The lowest BCUT2D eigenvalue weighted by Crippen LogP contribution is -2.50. The Bertz CT molecular complexity index is 661. The zero-order valence-corrected chi connectivity index (χ0v) is 14.6. The van der Waals surface area contributed by atoms with Gasteiger partial charge in [0.25, 0.3) is 5.91 Å². The molecule has 1 aromatic carbocycles. The average molecular weight is 343 g/mol. The van der Waals surface area contributed by atoms with Crippen molar-refractivity contribution >= 4 is 11.9 Å². The normalized spacial score (nSPS) is 30.6. The Labute approximate surface area is 148 Å². The van der Waals surface area contributed by atoms with E-state index in [1.54, 1.807) is 0 Å². The van der Waals surface area contributed by atoms with E-state index in [9.17, 15) is 9.59 Å². The first-order valence-electron chi connectivity index (χ1n) is 9.08. The number of hydrogen-bond acceptors (Lipinski definition) is 4. The molecule has 3 aliphatic rings. The molecule has 25 heavy (non-hydrogen) atoms. The van der Waals surface area contributed by atoms with Crippen molar-refractivity contribution in [1.29, 1.82) is 0 Å². The van der Waals surface area contributed by atoms with E-state index in [0.717, 1.165) is 32.5 Å². The average Bonchev–Trinajstić information content (AvgIpc) is 3.43. The number of rotatable bonds is 5. The second-order valence-corrected chi connectivity index (χ2v) is 7.54. The standard InChI is InChI=1S/C19H25N3O3/c1-19(15-7-8-15)17(23)22(18(24)20-19)13-16-12-21(9-10-25-16)11-14-5-3-2-4-6-14/h2-6,15-16H,7-13H2,1H3,(H,20,24)/t16-,19+/m0/s1. The predicted octanol–water partition coefficient (Wildman–Crippen LogP) is 1.61. The highest BCUT2D eigenvalue weighted by molar-refractivity contribution is 6.07. The number of carbonyl (C=O) groups is 2. The Kier molecular flexibility index (Phi) is 4.25. The van der Waals surface area contributed by atoms with Crippen molar-refractivity contribution in [3.05, 3.63) is 35.9 Å². The molecule has 2 heterocycles. The number of nitrogens with zero attached hydrogens (tertiary/aromatic N) is 2. The molecule has 0 unspecified atom stereocenters. The number of benzene rings is 1. The number of urea groups is 1. The summed E-state index contributed by atoms with van der Waals surface area (Å²) >= 11 is 0. The van der Waals surface area contributed by atoms with Crippen LogP contribution in [-0.2, 0) is 16.1 Å². The van der Waals surface area contributed by atoms with Crippen molar-refractivity contribution in [2.45, 2.75) is 38.0 Å². The van der Waals surface area contributed by atoms with Gasteiger partial charge in [-0.3, -0.25) is 14.6 Å². The van der Waals surface area contributed by atoms with Gasteiger partial charge in [0.05, 0.1) is 19.3 Å². The first kappa shape index (κ1) is 16.5. The summed E-state index contributed by atoms with van der Waals surface area (Å²) in [7, 11) is 0. The lowest BCUT2D eigenvalue weighted by atomic mass is 9.96. The van der Waals surface area contributed by atoms with Crippen molar-refractivity contribution in [2.75, 3.05) is 26.2 Å². The molecule has 0 spiro atoms. The number of ether oxygens (including phenoxy) is 1. The topological polar surface area (TPSA) is 61.9 Å². The van der Waals surface area contributed by atoms with Crippen molar-refractivity contribution in [2.24, 2.45) is 5.92 Å². The van der Waals surface area contributed by atoms with Gasteiger partial charge in [0.15, 0.2) is 0 Å². The SMILES string of the molecule is C[C@]1(C2CC2)NC(=O)N(C[C@@H]2CN(Cc3ccccc3)CCO2)C1=O. The highest BCUT2D eigenvalue weighted by Crippen LogP contribution is 2.42. The summed E-state index contributed by atoms with van der Waals surface area (Å²) < 4.78 is 5.83. The molecule has 3 amide bonds. The molecule has 4 rings (SSSR count). The van der Waals surface area contributed by atoms with Crippen LogP contribution in [0.5, 0.6) is 0 Å². The number of amides is 3. The fourth-order valence-corrected chi connectivity index (χ4v) is 3.90. The van der Waals surface area contributed by atoms with Crippen molar-refractivity contribution < 1.29 is 14.3 Å². The summed E-state index contributed by atoms with van der Waals surface area (Å²) in [6.45, 7) is 5.27. The van der Waals surface area contributed by atoms with E-state index in [-0.39, 0.29) is 24.0 Å². The second kappa shape index (κ2) is 6.42. The quantitative estimate of drug-likeness (QED) is 0.825. The molecule has 6 heteroatoms. The molecule has 0 radical (unpaired) electrons. The van der Waals surface area contributed by atoms with Gasteiger partial charge in [0.2, 0.25) is 0 Å². The number of hydrogen-bond donors (Lipinski definition) is 1. The summed E-state index contributed by atoms with van der Waals surface area (Å²) in [5, 5.41) is 2.90. The van der Waals surface area contributed by atoms with Gasteiger partial charge in [0, 0.05) is 19.6 Å². The van der Waals surface area contributed by atoms with Crippen LogP contribution in [0.15, 0.2) is 30.3 Å². The first-order chi connectivity index (χ1) is 12.1. The predicted molar refractivity (Wildman–Crippen MR) is 92.8 cm³/mol. The Morgan fingerprint density at radius 1 is 1.24 bits per heavy atom. The Balaban J connectivity index is 1.37. The fraction of sp³-hybridized carbons (Fsp3) is 0.579. The third-order valence-electron chi connectivity index (χ3n) is 5.55. The maximum Gasteiger partial charge on any atom is 0.325 e. The summed E-state index contributed by atoms with van der Waals surface area (Å²) in [5.41, 5.74) is 0.551. The van der Waals surface area contributed by atoms with Crippen LogP contribution in [0.25, 0.3) is 0 Å². The highest BCUT2D eigenvalue weighted by Gasteiger charge is 2.56. The molecule has 0 bridgehead atoms. The van der Waals surface area contributed by atoms with Gasteiger partial charge in [-0.15, -0.1) is 0 Å². The molecule has 3 fully saturated rings. The molecule has 6 nitrogen and oxygen atoms in total. The molecule has 2 saturated heterocycles. The smallest absolute Gasteiger partial charge is 0.325 e. The van der Waals surface area contributed by atoms with Crippen molar-refractivity contribution in [3.63, 3.8) is 0 Å². The van der Waals surface area contributed by atoms with Gasteiger partial charge < -0.3 is 10.1 Å². The maximum atomic E-state index is 12.7. The van der Waals surface area contributed by atoms with Gasteiger partial charge in [-0.1, -0.05) is 30.3 Å². The monoisotopic (exact) mass is 343 g/mol. The lowest BCUT2D eigenvalue weighted by Gasteiger charge is -2.34. The van der Waals surface area contributed by atoms with E-state index >= 15 is 0 Å². The summed E-state index contributed by atoms with van der Waals surface area (Å²) in [6, 6.07) is 10.0. The van der Waals surface area contributed by atoms with E-state index in [1.165, 1.54) is 10.5 Å². The zero-order chi connectivity index (χ0) is 17.4. The molecule has 1 aromatic rings. The van der Waals surface area contributed by atoms with Crippen LogP contribution in [0.2, 0.25) is 0 Å². The van der Waals surface area contributed by atoms with Gasteiger partial charge >= 0.3 is 6.03 Å². The fourth-order valence-electron chi connectivity index (χ4n) is 3.90. The van der Waals surface area contributed by atoms with E-state index in [0.29, 0.717) is 13.2 Å². The molecule has 2 aliphatic heterocycles. The van der Waals surface area contributed by atoms with E-state index < -0.39 is 5.54 Å². The minimum Gasteiger partial charge on any atom is -0.374 e. The summed E-state index contributed by atoms with van der Waals surface area (Å²) in [4.78, 5) is 28.7. The summed E-state index contributed by atoms with van der Waals surface area (Å²) in [5.74, 6) is 0.194. The third kappa shape index (κ3) is 3.28. The maximum absolute atomic E-state index is 12.7. The Morgan fingerprint density at radius 3 is 2.72 bits per heavy atom. The molecule has 1 aliphatic carbocycles. The summed E-state index contributed by atoms with van der Waals surface area (Å²) in [6.07, 6.45) is 1.90. The number of morpholine rings is 1. The van der Waals surface area contributed by atoms with Crippen LogP contribution < -0.4 is 5.32 Å². The van der Waals surface area contributed by atoms with E-state index in [2.05, 4.69) is 22.3 Å². The van der Waals surface area contributed by atoms with Crippen LogP contribution >= 0.6 is 0 Å². The molecule has 1 N–H and O–H groups in total. The van der Waals surface area contributed by atoms with Crippen molar-refractivity contribution in [1.82, 2.24) is 15.1 Å². The number of imide groups is 1. The van der Waals surface area contributed by atoms with E-state index in [4.69, 9.17) is 4.74 Å². The number of nitrogens with one attached hydrogen (secondary N) is 1. The first-order valence-corrected chi connectivity index (χ1v) is 9.08. The third-order valence-corrected chi connectivity index (χ3v) is 5.55. The molecule has 134 valence electrons. The number of carbonyl (C=O) groups excluding carboxylic acids is 2. The van der Waals surface area contributed by atoms with Crippen LogP contribution in [-0.4, -0.2) is 59.6 Å². The highest BCUT2D eigenvalue weighted by atomic mass is 16.5. The van der Waals surface area contributed by atoms with Crippen molar-refractivity contribution in [3.8, 4) is 0 Å². The molecule has 1 saturated carbocycles. The van der Waals surface area contributed by atoms with Crippen LogP contribution in [0.1, 0.15) is 25.3 Å². The van der Waals surface area contributed by atoms with Gasteiger partial charge in [-0.05, 0) is 31.2 Å². The molecule has 2 atom stereocenters.